The number of hydrogen-bond acceptors (Lipinski definition) is 1. The molecule has 0 unspecified atom stereocenters. The van der Waals surface area contributed by atoms with Crippen molar-refractivity contribution in [3.63, 3.8) is 0 Å². The lowest BCUT2D eigenvalue weighted by Crippen LogP contribution is -2.13. The molecule has 0 spiro atoms. The van der Waals surface area contributed by atoms with Gasteiger partial charge in [-0.15, -0.1) is 0 Å². The highest BCUT2D eigenvalue weighted by Gasteiger charge is 2.23. The molecule has 1 aliphatic carbocycles. The molecule has 0 aromatic heterocycles. The van der Waals surface area contributed by atoms with Gasteiger partial charge in [0, 0.05) is 0 Å². The zero-order chi connectivity index (χ0) is 13.8. The van der Waals surface area contributed by atoms with E-state index < -0.39 is 0 Å². The second kappa shape index (κ2) is 6.64. The Hall–Kier alpha value is -0.710. The Morgan fingerprint density at radius 3 is 2.21 bits per heavy atom. The summed E-state index contributed by atoms with van der Waals surface area (Å²) in [6, 6.07) is 5.91. The van der Waals surface area contributed by atoms with Crippen molar-refractivity contribution in [1.82, 2.24) is 0 Å². The van der Waals surface area contributed by atoms with E-state index in [2.05, 4.69) is 13.0 Å². The standard InChI is InChI=1S/C16H19Cl2N/c1-2-3-11-4-6-12(7-5-11)13-8-15(17)14(10-19)16(18)9-13/h8-9,11-12H,2-7H2,1H3. The number of nitrogens with zero attached hydrogens (tertiary/aromatic N) is 1. The van der Waals surface area contributed by atoms with E-state index in [-0.39, 0.29) is 0 Å². The highest BCUT2D eigenvalue weighted by Crippen LogP contribution is 2.39. The van der Waals surface area contributed by atoms with Crippen molar-refractivity contribution in [2.24, 2.45) is 5.92 Å². The van der Waals surface area contributed by atoms with Gasteiger partial charge in [0.05, 0.1) is 15.6 Å². The summed E-state index contributed by atoms with van der Waals surface area (Å²) in [5.74, 6) is 1.45. The third kappa shape index (κ3) is 3.44. The SMILES string of the molecule is CCCC1CCC(c2cc(Cl)c(C#N)c(Cl)c2)CC1. The number of halogens is 2. The molecule has 1 aromatic carbocycles. The van der Waals surface area contributed by atoms with E-state index in [0.717, 1.165) is 5.92 Å². The lowest BCUT2D eigenvalue weighted by Gasteiger charge is -2.29. The summed E-state index contributed by atoms with van der Waals surface area (Å²) in [5.41, 5.74) is 1.59. The Labute approximate surface area is 125 Å². The van der Waals surface area contributed by atoms with Crippen LogP contribution in [-0.4, -0.2) is 0 Å². The van der Waals surface area contributed by atoms with Gasteiger partial charge in [-0.2, -0.15) is 5.26 Å². The van der Waals surface area contributed by atoms with Crippen LogP contribution in [-0.2, 0) is 0 Å². The summed E-state index contributed by atoms with van der Waals surface area (Å²) in [5, 5.41) is 9.95. The normalized spacial score (nSPS) is 23.1. The maximum atomic E-state index is 8.98. The van der Waals surface area contributed by atoms with Gasteiger partial charge < -0.3 is 0 Å². The maximum Gasteiger partial charge on any atom is 0.102 e. The maximum absolute atomic E-state index is 8.98. The first kappa shape index (κ1) is 14.7. The molecule has 3 heteroatoms. The zero-order valence-electron chi connectivity index (χ0n) is 11.3. The van der Waals surface area contributed by atoms with Gasteiger partial charge in [-0.05, 0) is 55.2 Å². The molecule has 0 saturated heterocycles. The third-order valence-electron chi connectivity index (χ3n) is 4.19. The van der Waals surface area contributed by atoms with E-state index in [1.165, 1.54) is 44.1 Å². The number of hydrogen-bond donors (Lipinski definition) is 0. The van der Waals surface area contributed by atoms with Gasteiger partial charge in [0.15, 0.2) is 0 Å². The van der Waals surface area contributed by atoms with Crippen LogP contribution in [0.2, 0.25) is 10.0 Å². The van der Waals surface area contributed by atoms with E-state index >= 15 is 0 Å². The van der Waals surface area contributed by atoms with Gasteiger partial charge in [-0.25, -0.2) is 0 Å². The minimum atomic E-state index is 0.395. The van der Waals surface area contributed by atoms with Gasteiger partial charge in [0.25, 0.3) is 0 Å². The predicted molar refractivity (Wildman–Crippen MR) is 80.8 cm³/mol. The van der Waals surface area contributed by atoms with Crippen LogP contribution in [0, 0.1) is 17.2 Å². The van der Waals surface area contributed by atoms with Gasteiger partial charge in [-0.1, -0.05) is 43.0 Å². The summed E-state index contributed by atoms with van der Waals surface area (Å²) in [7, 11) is 0. The molecule has 1 saturated carbocycles. The molecule has 0 bridgehead atoms. The van der Waals surface area contributed by atoms with Crippen molar-refractivity contribution < 1.29 is 0 Å². The zero-order valence-corrected chi connectivity index (χ0v) is 12.8. The van der Waals surface area contributed by atoms with Crippen molar-refractivity contribution in [3.05, 3.63) is 33.3 Å². The van der Waals surface area contributed by atoms with E-state index in [4.69, 9.17) is 28.5 Å². The van der Waals surface area contributed by atoms with Crippen LogP contribution in [0.5, 0.6) is 0 Å². The van der Waals surface area contributed by atoms with E-state index in [0.29, 0.717) is 21.5 Å². The molecule has 19 heavy (non-hydrogen) atoms. The van der Waals surface area contributed by atoms with Crippen molar-refractivity contribution in [2.45, 2.75) is 51.4 Å². The lowest BCUT2D eigenvalue weighted by molar-refractivity contribution is 0.308. The summed E-state index contributed by atoms with van der Waals surface area (Å²) < 4.78 is 0. The summed E-state index contributed by atoms with van der Waals surface area (Å²) in [6.45, 7) is 2.26. The molecule has 0 N–H and O–H groups in total. The predicted octanol–water partition coefficient (Wildman–Crippen LogP) is 5.94. The lowest BCUT2D eigenvalue weighted by atomic mass is 9.77. The quantitative estimate of drug-likeness (QED) is 0.677. The van der Waals surface area contributed by atoms with Gasteiger partial charge in [0.1, 0.15) is 6.07 Å². The van der Waals surface area contributed by atoms with Crippen LogP contribution in [0.3, 0.4) is 0 Å². The van der Waals surface area contributed by atoms with Crippen molar-refractivity contribution >= 4 is 23.2 Å². The molecule has 1 aromatic rings. The van der Waals surface area contributed by atoms with E-state index in [9.17, 15) is 0 Å². The Morgan fingerprint density at radius 2 is 1.74 bits per heavy atom. The Balaban J connectivity index is 2.10. The highest BCUT2D eigenvalue weighted by atomic mass is 35.5. The molecule has 0 radical (unpaired) electrons. The van der Waals surface area contributed by atoms with Crippen molar-refractivity contribution in [2.75, 3.05) is 0 Å². The molecule has 2 rings (SSSR count). The topological polar surface area (TPSA) is 23.8 Å². The Morgan fingerprint density at radius 1 is 1.16 bits per heavy atom. The first-order valence-electron chi connectivity index (χ1n) is 7.04. The minimum absolute atomic E-state index is 0.395. The molecular weight excluding hydrogens is 277 g/mol. The van der Waals surface area contributed by atoms with Crippen LogP contribution >= 0.6 is 23.2 Å². The number of benzene rings is 1. The fraction of sp³-hybridized carbons (Fsp3) is 0.562. The largest absolute Gasteiger partial charge is 0.192 e. The summed E-state index contributed by atoms with van der Waals surface area (Å²) >= 11 is 12.3. The molecule has 0 heterocycles. The average Bonchev–Trinajstić information content (AvgIpc) is 2.39. The van der Waals surface area contributed by atoms with Gasteiger partial charge in [0.2, 0.25) is 0 Å². The number of rotatable bonds is 3. The fourth-order valence-corrected chi connectivity index (χ4v) is 3.72. The molecule has 0 amide bonds. The average molecular weight is 296 g/mol. The summed E-state index contributed by atoms with van der Waals surface area (Å²) in [4.78, 5) is 0. The first-order valence-corrected chi connectivity index (χ1v) is 7.80. The Bertz CT molecular complexity index is 459. The van der Waals surface area contributed by atoms with Crippen LogP contribution in [0.1, 0.15) is 62.5 Å². The molecule has 0 atom stereocenters. The van der Waals surface area contributed by atoms with Crippen LogP contribution < -0.4 is 0 Å². The fourth-order valence-electron chi connectivity index (χ4n) is 3.13. The highest BCUT2D eigenvalue weighted by molar-refractivity contribution is 6.36. The smallest absolute Gasteiger partial charge is 0.102 e. The van der Waals surface area contributed by atoms with Crippen molar-refractivity contribution in [3.8, 4) is 6.07 Å². The molecule has 102 valence electrons. The monoisotopic (exact) mass is 295 g/mol. The van der Waals surface area contributed by atoms with Gasteiger partial charge in [-0.3, -0.25) is 0 Å². The summed E-state index contributed by atoms with van der Waals surface area (Å²) in [6.07, 6.45) is 7.65. The molecule has 1 aliphatic rings. The second-order valence-electron chi connectivity index (χ2n) is 5.48. The third-order valence-corrected chi connectivity index (χ3v) is 4.79. The van der Waals surface area contributed by atoms with Gasteiger partial charge >= 0.3 is 0 Å². The molecule has 0 aliphatic heterocycles. The second-order valence-corrected chi connectivity index (χ2v) is 6.29. The van der Waals surface area contributed by atoms with Crippen LogP contribution in [0.15, 0.2) is 12.1 Å². The Kier molecular flexibility index (Phi) is 5.13. The van der Waals surface area contributed by atoms with Crippen LogP contribution in [0.4, 0.5) is 0 Å². The molecular formula is C16H19Cl2N. The molecule has 1 nitrogen and oxygen atoms in total. The van der Waals surface area contributed by atoms with Crippen LogP contribution in [0.25, 0.3) is 0 Å². The number of nitriles is 1. The van der Waals surface area contributed by atoms with E-state index in [1.54, 1.807) is 0 Å². The van der Waals surface area contributed by atoms with Crippen molar-refractivity contribution in [1.29, 1.82) is 5.26 Å². The molecule has 1 fully saturated rings. The first-order chi connectivity index (χ1) is 9.15. The minimum Gasteiger partial charge on any atom is -0.192 e. The van der Waals surface area contributed by atoms with E-state index in [1.807, 2.05) is 12.1 Å².